The molecule has 0 aromatic heterocycles. The summed E-state index contributed by atoms with van der Waals surface area (Å²) in [6.45, 7) is 6.12. The van der Waals surface area contributed by atoms with Crippen molar-refractivity contribution in [3.8, 4) is 0 Å². The van der Waals surface area contributed by atoms with Crippen LogP contribution in [0.15, 0.2) is 48.5 Å². The van der Waals surface area contributed by atoms with Gasteiger partial charge in [0, 0.05) is 12.3 Å². The molecule has 1 amide bonds. The van der Waals surface area contributed by atoms with Crippen LogP contribution in [0.4, 0.5) is 5.69 Å². The molecule has 0 aliphatic heterocycles. The lowest BCUT2D eigenvalue weighted by atomic mass is 10.1. The Labute approximate surface area is 148 Å². The highest BCUT2D eigenvalue weighted by Gasteiger charge is 2.22. The molecule has 2 aromatic carbocycles. The molecule has 24 heavy (non-hydrogen) atoms. The van der Waals surface area contributed by atoms with Gasteiger partial charge < -0.3 is 10.4 Å². The Morgan fingerprint density at radius 1 is 1.17 bits per heavy atom. The van der Waals surface area contributed by atoms with E-state index >= 15 is 0 Å². The quantitative estimate of drug-likeness (QED) is 0.786. The van der Waals surface area contributed by atoms with Gasteiger partial charge in [-0.1, -0.05) is 49.4 Å². The minimum absolute atomic E-state index is 0.0231. The highest BCUT2D eigenvalue weighted by molar-refractivity contribution is 8.00. The van der Waals surface area contributed by atoms with Gasteiger partial charge in [0.2, 0.25) is 5.91 Å². The molecule has 128 valence electrons. The van der Waals surface area contributed by atoms with Crippen LogP contribution in [-0.4, -0.2) is 23.4 Å². The molecule has 0 aliphatic rings. The maximum absolute atomic E-state index is 12.9. The van der Waals surface area contributed by atoms with Gasteiger partial charge in [-0.3, -0.25) is 4.79 Å². The van der Waals surface area contributed by atoms with Crippen LogP contribution < -0.4 is 5.32 Å². The van der Waals surface area contributed by atoms with Crippen molar-refractivity contribution >= 4 is 23.4 Å². The summed E-state index contributed by atoms with van der Waals surface area (Å²) in [5, 5.41) is 12.0. The van der Waals surface area contributed by atoms with Crippen LogP contribution in [0, 0.1) is 19.8 Å². The van der Waals surface area contributed by atoms with Gasteiger partial charge in [-0.15, -0.1) is 11.8 Å². The lowest BCUT2D eigenvalue weighted by Crippen LogP contribution is -2.21. The zero-order valence-electron chi connectivity index (χ0n) is 14.5. The molecule has 0 spiro atoms. The first kappa shape index (κ1) is 18.6. The zero-order chi connectivity index (χ0) is 17.5. The molecular weight excluding hydrogens is 318 g/mol. The number of aryl methyl sites for hydroxylation is 2. The van der Waals surface area contributed by atoms with Crippen molar-refractivity contribution < 1.29 is 9.90 Å². The Balaban J connectivity index is 2.19. The molecule has 2 atom stereocenters. The number of thioether (sulfide) groups is 1. The number of benzene rings is 2. The highest BCUT2D eigenvalue weighted by atomic mass is 32.2. The van der Waals surface area contributed by atoms with Gasteiger partial charge in [-0.2, -0.15) is 0 Å². The van der Waals surface area contributed by atoms with Crippen molar-refractivity contribution in [1.82, 2.24) is 0 Å². The van der Waals surface area contributed by atoms with E-state index in [9.17, 15) is 9.90 Å². The summed E-state index contributed by atoms with van der Waals surface area (Å²) >= 11 is 1.57. The number of nitrogens with one attached hydrogen (secondary N) is 1. The monoisotopic (exact) mass is 343 g/mol. The summed E-state index contributed by atoms with van der Waals surface area (Å²) in [6, 6.07) is 15.8. The number of aliphatic hydroxyl groups is 1. The second-order valence-electron chi connectivity index (χ2n) is 6.22. The predicted molar refractivity (Wildman–Crippen MR) is 102 cm³/mol. The summed E-state index contributed by atoms with van der Waals surface area (Å²) in [5.41, 5.74) is 4.01. The van der Waals surface area contributed by atoms with Crippen LogP contribution in [0.1, 0.15) is 28.9 Å². The summed E-state index contributed by atoms with van der Waals surface area (Å²) in [4.78, 5) is 12.9. The molecule has 0 fully saturated rings. The fraction of sp³-hybridized carbons (Fsp3) is 0.350. The second kappa shape index (κ2) is 8.90. The molecule has 2 aromatic rings. The second-order valence-corrected chi connectivity index (χ2v) is 7.36. The molecule has 0 heterocycles. The third-order valence-corrected chi connectivity index (χ3v) is 5.43. The van der Waals surface area contributed by atoms with Crippen LogP contribution in [0.3, 0.4) is 0 Å². The Morgan fingerprint density at radius 2 is 1.88 bits per heavy atom. The molecule has 3 nitrogen and oxygen atoms in total. The van der Waals surface area contributed by atoms with Crippen LogP contribution in [0.2, 0.25) is 0 Å². The normalized spacial score (nSPS) is 13.3. The van der Waals surface area contributed by atoms with Crippen molar-refractivity contribution in [3.63, 3.8) is 0 Å². The topological polar surface area (TPSA) is 49.3 Å². The molecule has 2 N–H and O–H groups in total. The first-order valence-corrected chi connectivity index (χ1v) is 9.21. The van der Waals surface area contributed by atoms with Gasteiger partial charge in [-0.25, -0.2) is 0 Å². The van der Waals surface area contributed by atoms with E-state index in [2.05, 4.69) is 5.32 Å². The fourth-order valence-corrected chi connectivity index (χ4v) is 3.52. The third kappa shape index (κ3) is 5.11. The molecule has 2 unspecified atom stereocenters. The Kier molecular flexibility index (Phi) is 6.88. The van der Waals surface area contributed by atoms with Crippen LogP contribution in [0.5, 0.6) is 0 Å². The SMILES string of the molecule is Cc1ccc(C)c(NC(=O)C(SCC(C)CO)c2ccccc2)c1. The van der Waals surface area contributed by atoms with Gasteiger partial charge in [0.1, 0.15) is 5.25 Å². The number of rotatable bonds is 7. The van der Waals surface area contributed by atoms with Gasteiger partial charge in [-0.05, 0) is 48.3 Å². The number of aliphatic hydroxyl groups excluding tert-OH is 1. The number of hydrogen-bond donors (Lipinski definition) is 2. The van der Waals surface area contributed by atoms with E-state index in [0.717, 1.165) is 28.1 Å². The van der Waals surface area contributed by atoms with Gasteiger partial charge in [0.15, 0.2) is 0 Å². The molecule has 4 heteroatoms. The smallest absolute Gasteiger partial charge is 0.242 e. The van der Waals surface area contributed by atoms with Gasteiger partial charge in [0.05, 0.1) is 0 Å². The van der Waals surface area contributed by atoms with Crippen molar-refractivity contribution in [2.75, 3.05) is 17.7 Å². The van der Waals surface area contributed by atoms with E-state index in [1.54, 1.807) is 11.8 Å². The largest absolute Gasteiger partial charge is 0.396 e. The Bertz CT molecular complexity index is 673. The van der Waals surface area contributed by atoms with E-state index in [4.69, 9.17) is 0 Å². The molecular formula is C20H25NO2S. The van der Waals surface area contributed by atoms with Crippen molar-refractivity contribution in [2.45, 2.75) is 26.0 Å². The van der Waals surface area contributed by atoms with E-state index in [1.165, 1.54) is 0 Å². The maximum Gasteiger partial charge on any atom is 0.242 e. The number of carbonyl (C=O) groups is 1. The number of amides is 1. The lowest BCUT2D eigenvalue weighted by Gasteiger charge is -2.19. The molecule has 2 rings (SSSR count). The molecule has 0 saturated heterocycles. The average molecular weight is 343 g/mol. The first-order valence-electron chi connectivity index (χ1n) is 8.16. The Hall–Kier alpha value is -1.78. The average Bonchev–Trinajstić information content (AvgIpc) is 2.59. The van der Waals surface area contributed by atoms with Gasteiger partial charge >= 0.3 is 0 Å². The van der Waals surface area contributed by atoms with E-state index < -0.39 is 0 Å². The number of carbonyl (C=O) groups excluding carboxylic acids is 1. The summed E-state index contributed by atoms with van der Waals surface area (Å²) in [7, 11) is 0. The standard InChI is InChI=1S/C20H25NO2S/c1-14-9-10-16(3)18(11-14)21-20(23)19(24-13-15(2)12-22)17-7-5-4-6-8-17/h4-11,15,19,22H,12-13H2,1-3H3,(H,21,23). The Morgan fingerprint density at radius 3 is 2.54 bits per heavy atom. The minimum Gasteiger partial charge on any atom is -0.396 e. The number of anilines is 1. The van der Waals surface area contributed by atoms with Crippen molar-refractivity contribution in [3.05, 3.63) is 65.2 Å². The number of hydrogen-bond acceptors (Lipinski definition) is 3. The molecule has 0 radical (unpaired) electrons. The molecule has 0 bridgehead atoms. The van der Waals surface area contributed by atoms with Crippen molar-refractivity contribution in [1.29, 1.82) is 0 Å². The minimum atomic E-state index is -0.292. The zero-order valence-corrected chi connectivity index (χ0v) is 15.3. The van der Waals surface area contributed by atoms with E-state index in [-0.39, 0.29) is 23.7 Å². The predicted octanol–water partition coefficient (Wildman–Crippen LogP) is 4.34. The van der Waals surface area contributed by atoms with E-state index in [0.29, 0.717) is 0 Å². The summed E-state index contributed by atoms with van der Waals surface area (Å²) in [6.07, 6.45) is 0. The van der Waals surface area contributed by atoms with E-state index in [1.807, 2.05) is 69.3 Å². The summed E-state index contributed by atoms with van der Waals surface area (Å²) in [5.74, 6) is 0.871. The third-order valence-electron chi connectivity index (χ3n) is 3.85. The fourth-order valence-electron chi connectivity index (χ4n) is 2.33. The summed E-state index contributed by atoms with van der Waals surface area (Å²) < 4.78 is 0. The van der Waals surface area contributed by atoms with Gasteiger partial charge in [0.25, 0.3) is 0 Å². The highest BCUT2D eigenvalue weighted by Crippen LogP contribution is 2.32. The van der Waals surface area contributed by atoms with Crippen molar-refractivity contribution in [2.24, 2.45) is 5.92 Å². The maximum atomic E-state index is 12.9. The van der Waals surface area contributed by atoms with Crippen LogP contribution in [0.25, 0.3) is 0 Å². The molecule has 0 saturated carbocycles. The molecule has 0 aliphatic carbocycles. The lowest BCUT2D eigenvalue weighted by molar-refractivity contribution is -0.115. The first-order chi connectivity index (χ1) is 11.5. The van der Waals surface area contributed by atoms with Crippen LogP contribution in [-0.2, 0) is 4.79 Å². The van der Waals surface area contributed by atoms with Crippen LogP contribution >= 0.6 is 11.8 Å².